The zero-order valence-corrected chi connectivity index (χ0v) is 15.7. The minimum Gasteiger partial charge on any atom is -0.334 e. The van der Waals surface area contributed by atoms with Crippen LogP contribution in [-0.2, 0) is 13.1 Å². The van der Waals surface area contributed by atoms with Gasteiger partial charge in [0.1, 0.15) is 0 Å². The van der Waals surface area contributed by atoms with E-state index >= 15 is 0 Å². The van der Waals surface area contributed by atoms with Crippen molar-refractivity contribution in [2.24, 2.45) is 17.6 Å². The van der Waals surface area contributed by atoms with E-state index in [2.05, 4.69) is 38.7 Å². The molecule has 134 valence electrons. The van der Waals surface area contributed by atoms with Crippen LogP contribution in [0, 0.1) is 11.8 Å². The molecule has 1 aliphatic rings. The summed E-state index contributed by atoms with van der Waals surface area (Å²) in [6.45, 7) is 14.4. The first-order valence-corrected chi connectivity index (χ1v) is 9.24. The molecule has 0 saturated heterocycles. The third kappa shape index (κ3) is 4.81. The highest BCUT2D eigenvalue weighted by Gasteiger charge is 2.28. The lowest BCUT2D eigenvalue weighted by molar-refractivity contribution is 0.0767. The molecule has 0 bridgehead atoms. The fraction of sp³-hybridized carbons (Fsp3) is 0.650. The van der Waals surface area contributed by atoms with Crippen molar-refractivity contribution in [3.8, 4) is 0 Å². The van der Waals surface area contributed by atoms with Crippen molar-refractivity contribution in [1.29, 1.82) is 0 Å². The molecule has 2 rings (SSSR count). The van der Waals surface area contributed by atoms with Crippen LogP contribution in [0.4, 0.5) is 0 Å². The summed E-state index contributed by atoms with van der Waals surface area (Å²) in [5, 5.41) is 0. The second-order valence-electron chi connectivity index (χ2n) is 7.78. The Morgan fingerprint density at radius 3 is 2.42 bits per heavy atom. The predicted molar refractivity (Wildman–Crippen MR) is 99.8 cm³/mol. The number of rotatable bonds is 9. The van der Waals surface area contributed by atoms with E-state index in [0.717, 1.165) is 55.8 Å². The fourth-order valence-corrected chi connectivity index (χ4v) is 3.62. The number of benzene rings is 1. The molecule has 1 aliphatic heterocycles. The molecule has 24 heavy (non-hydrogen) atoms. The van der Waals surface area contributed by atoms with Crippen LogP contribution in [0.5, 0.6) is 0 Å². The van der Waals surface area contributed by atoms with Crippen molar-refractivity contribution in [3.63, 3.8) is 0 Å². The number of carbonyl (C=O) groups is 1. The van der Waals surface area contributed by atoms with Gasteiger partial charge in [-0.1, -0.05) is 45.9 Å². The van der Waals surface area contributed by atoms with E-state index in [1.165, 1.54) is 0 Å². The largest absolute Gasteiger partial charge is 0.334 e. The van der Waals surface area contributed by atoms with Crippen LogP contribution in [-0.4, -0.2) is 41.9 Å². The van der Waals surface area contributed by atoms with Gasteiger partial charge in [-0.2, -0.15) is 0 Å². The summed E-state index contributed by atoms with van der Waals surface area (Å²) in [5.74, 6) is 1.51. The maximum atomic E-state index is 12.7. The van der Waals surface area contributed by atoms with Crippen molar-refractivity contribution in [2.45, 2.75) is 47.2 Å². The standard InChI is InChI=1S/C20H33N3O/c1-15(2)12-22(13-16(3)4)9-6-10-23-14-18-8-5-7-17(11-21)19(18)20(23)24/h5,7-8,15-16H,6,9-14,21H2,1-4H3. The summed E-state index contributed by atoms with van der Waals surface area (Å²) in [6, 6.07) is 6.02. The molecule has 0 atom stereocenters. The molecule has 0 spiro atoms. The van der Waals surface area contributed by atoms with E-state index in [1.807, 2.05) is 17.0 Å². The van der Waals surface area contributed by atoms with E-state index in [1.54, 1.807) is 0 Å². The van der Waals surface area contributed by atoms with Crippen molar-refractivity contribution >= 4 is 5.91 Å². The van der Waals surface area contributed by atoms with E-state index in [-0.39, 0.29) is 5.91 Å². The molecule has 1 heterocycles. The van der Waals surface area contributed by atoms with Crippen molar-refractivity contribution in [1.82, 2.24) is 9.80 Å². The van der Waals surface area contributed by atoms with Crippen LogP contribution in [0.1, 0.15) is 55.6 Å². The molecule has 2 N–H and O–H groups in total. The average molecular weight is 332 g/mol. The van der Waals surface area contributed by atoms with Gasteiger partial charge in [-0.25, -0.2) is 0 Å². The molecular formula is C20H33N3O. The van der Waals surface area contributed by atoms with Gasteiger partial charge in [-0.3, -0.25) is 4.79 Å². The fourth-order valence-electron chi connectivity index (χ4n) is 3.62. The Hall–Kier alpha value is -1.39. The van der Waals surface area contributed by atoms with E-state index in [4.69, 9.17) is 5.73 Å². The lowest BCUT2D eigenvalue weighted by Crippen LogP contribution is -2.34. The summed E-state index contributed by atoms with van der Waals surface area (Å²) in [7, 11) is 0. The van der Waals surface area contributed by atoms with Gasteiger partial charge in [0.15, 0.2) is 0 Å². The number of amides is 1. The average Bonchev–Trinajstić information content (AvgIpc) is 2.82. The Bertz CT molecular complexity index is 544. The first-order chi connectivity index (χ1) is 11.4. The SMILES string of the molecule is CC(C)CN(CCCN1Cc2cccc(CN)c2C1=O)CC(C)C. The molecule has 4 nitrogen and oxygen atoms in total. The zero-order valence-electron chi connectivity index (χ0n) is 15.7. The monoisotopic (exact) mass is 331 g/mol. The van der Waals surface area contributed by atoms with Crippen LogP contribution >= 0.6 is 0 Å². The van der Waals surface area contributed by atoms with Gasteiger partial charge in [0.05, 0.1) is 0 Å². The van der Waals surface area contributed by atoms with Gasteiger partial charge in [0.2, 0.25) is 0 Å². The highest BCUT2D eigenvalue weighted by atomic mass is 16.2. The highest BCUT2D eigenvalue weighted by Crippen LogP contribution is 2.26. The number of carbonyl (C=O) groups excluding carboxylic acids is 1. The molecular weight excluding hydrogens is 298 g/mol. The molecule has 1 aromatic rings. The zero-order chi connectivity index (χ0) is 17.7. The quantitative estimate of drug-likeness (QED) is 0.756. The maximum absolute atomic E-state index is 12.7. The first kappa shape index (κ1) is 18.9. The molecule has 0 radical (unpaired) electrons. The summed E-state index contributed by atoms with van der Waals surface area (Å²) in [5.41, 5.74) is 8.74. The topological polar surface area (TPSA) is 49.6 Å². The molecule has 0 fully saturated rings. The summed E-state index contributed by atoms with van der Waals surface area (Å²) in [6.07, 6.45) is 1.02. The molecule has 0 aliphatic carbocycles. The second-order valence-corrected chi connectivity index (χ2v) is 7.78. The van der Waals surface area contributed by atoms with Crippen LogP contribution in [0.2, 0.25) is 0 Å². The number of fused-ring (bicyclic) bond motifs is 1. The predicted octanol–water partition coefficient (Wildman–Crippen LogP) is 3.11. The Kier molecular flexibility index (Phi) is 6.81. The number of nitrogens with zero attached hydrogens (tertiary/aromatic N) is 2. The summed E-state index contributed by atoms with van der Waals surface area (Å²) < 4.78 is 0. The van der Waals surface area contributed by atoms with E-state index in [0.29, 0.717) is 18.4 Å². The van der Waals surface area contributed by atoms with Gasteiger partial charge in [0.25, 0.3) is 5.91 Å². The van der Waals surface area contributed by atoms with Crippen LogP contribution in [0.25, 0.3) is 0 Å². The van der Waals surface area contributed by atoms with Gasteiger partial charge < -0.3 is 15.5 Å². The Morgan fingerprint density at radius 1 is 1.17 bits per heavy atom. The Morgan fingerprint density at radius 2 is 1.83 bits per heavy atom. The molecule has 1 aromatic carbocycles. The minimum absolute atomic E-state index is 0.158. The van der Waals surface area contributed by atoms with Crippen molar-refractivity contribution < 1.29 is 4.79 Å². The third-order valence-electron chi connectivity index (χ3n) is 4.47. The second kappa shape index (κ2) is 8.63. The van der Waals surface area contributed by atoms with E-state index < -0.39 is 0 Å². The molecule has 0 saturated carbocycles. The first-order valence-electron chi connectivity index (χ1n) is 9.24. The lowest BCUT2D eigenvalue weighted by Gasteiger charge is -2.27. The Labute approximate surface area is 147 Å². The molecule has 4 heteroatoms. The number of hydrogen-bond donors (Lipinski definition) is 1. The van der Waals surface area contributed by atoms with Gasteiger partial charge in [0, 0.05) is 38.3 Å². The molecule has 1 amide bonds. The summed E-state index contributed by atoms with van der Waals surface area (Å²) in [4.78, 5) is 17.2. The molecule has 0 unspecified atom stereocenters. The smallest absolute Gasteiger partial charge is 0.254 e. The Balaban J connectivity index is 1.90. The normalized spacial score (nSPS) is 14.3. The third-order valence-corrected chi connectivity index (χ3v) is 4.47. The van der Waals surface area contributed by atoms with Crippen molar-refractivity contribution in [2.75, 3.05) is 26.2 Å². The highest BCUT2D eigenvalue weighted by molar-refractivity contribution is 5.99. The number of nitrogens with two attached hydrogens (primary N) is 1. The minimum atomic E-state index is 0.158. The number of hydrogen-bond acceptors (Lipinski definition) is 3. The van der Waals surface area contributed by atoms with Crippen LogP contribution < -0.4 is 5.73 Å². The molecule has 0 aromatic heterocycles. The maximum Gasteiger partial charge on any atom is 0.254 e. The van der Waals surface area contributed by atoms with Gasteiger partial charge in [-0.05, 0) is 35.9 Å². The van der Waals surface area contributed by atoms with Crippen LogP contribution in [0.3, 0.4) is 0 Å². The van der Waals surface area contributed by atoms with Gasteiger partial charge in [-0.15, -0.1) is 0 Å². The summed E-state index contributed by atoms with van der Waals surface area (Å²) >= 11 is 0. The van der Waals surface area contributed by atoms with E-state index in [9.17, 15) is 4.79 Å². The van der Waals surface area contributed by atoms with Crippen LogP contribution in [0.15, 0.2) is 18.2 Å². The lowest BCUT2D eigenvalue weighted by atomic mass is 10.0. The van der Waals surface area contributed by atoms with Crippen molar-refractivity contribution in [3.05, 3.63) is 34.9 Å². The van der Waals surface area contributed by atoms with Gasteiger partial charge >= 0.3 is 0 Å².